The Bertz CT molecular complexity index is 990. The predicted octanol–water partition coefficient (Wildman–Crippen LogP) is 12.7. The second-order valence-electron chi connectivity index (χ2n) is 13.7. The van der Waals surface area contributed by atoms with Crippen molar-refractivity contribution in [3.63, 3.8) is 0 Å². The van der Waals surface area contributed by atoms with Crippen LogP contribution in [0.25, 0.3) is 5.31 Å². The van der Waals surface area contributed by atoms with E-state index >= 15 is 0 Å². The van der Waals surface area contributed by atoms with Crippen molar-refractivity contribution >= 4 is 26.6 Å². The molecule has 0 aliphatic heterocycles. The van der Waals surface area contributed by atoms with Gasteiger partial charge in [-0.3, -0.25) is 4.99 Å². The van der Waals surface area contributed by atoms with Crippen molar-refractivity contribution < 1.29 is 0 Å². The van der Waals surface area contributed by atoms with Gasteiger partial charge in [-0.15, -0.1) is 0 Å². The molecule has 226 valence electrons. The molecule has 2 aromatic carbocycles. The van der Waals surface area contributed by atoms with Crippen LogP contribution in [0.3, 0.4) is 0 Å². The van der Waals surface area contributed by atoms with Crippen LogP contribution in [0.1, 0.15) is 140 Å². The van der Waals surface area contributed by atoms with Gasteiger partial charge in [0.25, 0.3) is 0 Å². The summed E-state index contributed by atoms with van der Waals surface area (Å²) in [5.41, 5.74) is 7.89. The van der Waals surface area contributed by atoms with Gasteiger partial charge in [0, 0.05) is 17.1 Å². The van der Waals surface area contributed by atoms with Gasteiger partial charge in [-0.05, 0) is 87.5 Å². The molecule has 4 aliphatic carbocycles. The minimum absolute atomic E-state index is 0.223. The molecule has 42 heavy (non-hydrogen) atoms. The number of benzene rings is 2. The van der Waals surface area contributed by atoms with E-state index in [0.717, 1.165) is 22.6 Å². The van der Waals surface area contributed by atoms with Crippen molar-refractivity contribution in [1.29, 1.82) is 0 Å². The molecule has 3 heteroatoms. The van der Waals surface area contributed by atoms with Crippen LogP contribution in [0, 0.1) is 0 Å². The van der Waals surface area contributed by atoms with Gasteiger partial charge in [-0.1, -0.05) is 146 Å². The second-order valence-corrected chi connectivity index (χ2v) is 19.1. The van der Waals surface area contributed by atoms with Gasteiger partial charge in [-0.2, -0.15) is 0 Å². The number of hydrogen-bond donors (Lipinski definition) is 0. The molecular weight excluding hydrogens is 544 g/mol. The van der Waals surface area contributed by atoms with E-state index in [0.29, 0.717) is 0 Å². The molecule has 0 amide bonds. The van der Waals surface area contributed by atoms with E-state index in [4.69, 9.17) is 4.99 Å². The van der Waals surface area contributed by atoms with Crippen molar-refractivity contribution in [3.05, 3.63) is 78.0 Å². The van der Waals surface area contributed by atoms with Crippen LogP contribution in [0.5, 0.6) is 0 Å². The highest BCUT2D eigenvalue weighted by atomic mass is 31.1. The molecule has 4 saturated carbocycles. The average molecular weight is 600 g/mol. The maximum absolute atomic E-state index is 5.83. The Balaban J connectivity index is 1.47. The average Bonchev–Trinajstić information content (AvgIpc) is 3.08. The first-order valence-electron chi connectivity index (χ1n) is 17.8. The second kappa shape index (κ2) is 16.1. The third kappa shape index (κ3) is 7.86. The number of hydrogen-bond acceptors (Lipinski definition) is 1. The fourth-order valence-corrected chi connectivity index (χ4v) is 16.3. The highest BCUT2D eigenvalue weighted by Gasteiger charge is 2.36. The van der Waals surface area contributed by atoms with E-state index in [-0.39, 0.29) is 15.8 Å². The Morgan fingerprint density at radius 1 is 0.452 bits per heavy atom. The van der Waals surface area contributed by atoms with Crippen LogP contribution in [0.15, 0.2) is 71.9 Å². The summed E-state index contributed by atoms with van der Waals surface area (Å²) in [7, 11) is -0.495. The quantitative estimate of drug-likeness (QED) is 0.201. The Labute approximate surface area is 260 Å². The summed E-state index contributed by atoms with van der Waals surface area (Å²) < 4.78 is 0. The normalized spacial score (nSPS) is 23.1. The van der Waals surface area contributed by atoms with Gasteiger partial charge in [0.2, 0.25) is 0 Å². The molecule has 0 bridgehead atoms. The lowest BCUT2D eigenvalue weighted by atomic mass is 9.99. The zero-order valence-electron chi connectivity index (χ0n) is 26.1. The molecule has 0 spiro atoms. The summed E-state index contributed by atoms with van der Waals surface area (Å²) >= 11 is 0. The fourth-order valence-electron chi connectivity index (χ4n) is 8.67. The molecule has 0 heterocycles. The van der Waals surface area contributed by atoms with E-state index in [1.165, 1.54) is 145 Å². The highest BCUT2D eigenvalue weighted by Crippen LogP contribution is 2.64. The lowest BCUT2D eigenvalue weighted by Gasteiger charge is -2.40. The Kier molecular flexibility index (Phi) is 11.8. The summed E-state index contributed by atoms with van der Waals surface area (Å²) in [6.07, 6.45) is 31.2. The fraction of sp³-hybridized carbons (Fsp3) is 0.615. The first-order valence-corrected chi connectivity index (χ1v) is 20.8. The monoisotopic (exact) mass is 599 g/mol. The predicted molar refractivity (Wildman–Crippen MR) is 189 cm³/mol. The van der Waals surface area contributed by atoms with Crippen LogP contribution < -0.4 is 0 Å². The molecule has 2 aromatic rings. The van der Waals surface area contributed by atoms with Crippen molar-refractivity contribution in [2.75, 3.05) is 0 Å². The van der Waals surface area contributed by atoms with Crippen LogP contribution >= 0.6 is 15.8 Å². The van der Waals surface area contributed by atoms with E-state index in [1.807, 2.05) is 0 Å². The molecule has 6 rings (SSSR count). The molecule has 0 atom stereocenters. The molecule has 0 radical (unpaired) electrons. The smallest absolute Gasteiger partial charge is 0.0708 e. The minimum Gasteiger partial charge on any atom is -0.255 e. The number of rotatable bonds is 9. The van der Waals surface area contributed by atoms with E-state index in [2.05, 4.69) is 66.9 Å². The van der Waals surface area contributed by atoms with Gasteiger partial charge >= 0.3 is 0 Å². The lowest BCUT2D eigenvalue weighted by molar-refractivity contribution is 0.487. The van der Waals surface area contributed by atoms with Crippen LogP contribution in [0.2, 0.25) is 0 Å². The largest absolute Gasteiger partial charge is 0.255 e. The maximum Gasteiger partial charge on any atom is 0.0708 e. The summed E-state index contributed by atoms with van der Waals surface area (Å²) in [5.74, 6) is 0. The number of nitrogens with zero attached hydrogens (tertiary/aromatic N) is 1. The van der Waals surface area contributed by atoms with Crippen molar-refractivity contribution in [1.82, 2.24) is 0 Å². The number of aliphatic imine (C=N–C) groups is 1. The molecular formula is C39H55NP2. The summed E-state index contributed by atoms with van der Waals surface area (Å²) in [5, 5.41) is 1.64. The topological polar surface area (TPSA) is 12.4 Å². The highest BCUT2D eigenvalue weighted by molar-refractivity contribution is 7.77. The molecule has 0 aromatic heterocycles. The van der Waals surface area contributed by atoms with Gasteiger partial charge in [0.05, 0.1) is 5.45 Å². The third-order valence-corrected chi connectivity index (χ3v) is 17.8. The van der Waals surface area contributed by atoms with E-state index in [1.54, 1.807) is 5.31 Å². The van der Waals surface area contributed by atoms with E-state index < -0.39 is 0 Å². The molecule has 4 aliphatic rings. The summed E-state index contributed by atoms with van der Waals surface area (Å²) in [6.45, 7) is 0. The van der Waals surface area contributed by atoms with Crippen LogP contribution in [0.4, 0.5) is 0 Å². The molecule has 4 fully saturated rings. The van der Waals surface area contributed by atoms with Gasteiger partial charge in [0.1, 0.15) is 0 Å². The first kappa shape index (κ1) is 30.7. The zero-order valence-corrected chi connectivity index (χ0v) is 27.9. The van der Waals surface area contributed by atoms with Crippen molar-refractivity contribution in [3.8, 4) is 0 Å². The van der Waals surface area contributed by atoms with Crippen LogP contribution in [-0.4, -0.2) is 28.1 Å². The third-order valence-electron chi connectivity index (χ3n) is 10.8. The minimum atomic E-state index is -0.272. The molecule has 0 N–H and O–H groups in total. The molecule has 0 saturated heterocycles. The first-order chi connectivity index (χ1) is 20.9. The van der Waals surface area contributed by atoms with Crippen molar-refractivity contribution in [2.45, 2.75) is 151 Å². The summed E-state index contributed by atoms with van der Waals surface area (Å²) in [6, 6.07) is 23.1. The Hall–Kier alpha value is -1.29. The lowest BCUT2D eigenvalue weighted by Crippen LogP contribution is -2.25. The SMILES string of the molecule is C(N=C(c1ccccc1)P(C1CCCCC1)C1CCCCC1)=C(c1ccccc1)P(C1CCCCC1)C1CCCCC1. The van der Waals surface area contributed by atoms with Gasteiger partial charge in [0.15, 0.2) is 0 Å². The van der Waals surface area contributed by atoms with Gasteiger partial charge in [-0.25, -0.2) is 0 Å². The maximum atomic E-state index is 5.83. The standard InChI is InChI=1S/C39H55NP2/c1-7-19-32(20-8-1)38(41(34-23-11-3-12-24-34)35-25-13-4-14-26-35)31-40-39(33-21-9-2-10-22-33)42(36-27-15-5-16-28-36)37-29-17-6-18-30-37/h1-2,7-10,19-22,31,34-37H,3-6,11-18,23-30H2. The van der Waals surface area contributed by atoms with Gasteiger partial charge < -0.3 is 0 Å². The van der Waals surface area contributed by atoms with Crippen molar-refractivity contribution in [2.24, 2.45) is 4.99 Å². The Morgan fingerprint density at radius 3 is 1.21 bits per heavy atom. The zero-order chi connectivity index (χ0) is 28.4. The van der Waals surface area contributed by atoms with Crippen LogP contribution in [-0.2, 0) is 0 Å². The molecule has 1 nitrogen and oxygen atoms in total. The molecule has 0 unspecified atom stereocenters. The van der Waals surface area contributed by atoms with E-state index in [9.17, 15) is 0 Å². The summed E-state index contributed by atoms with van der Waals surface area (Å²) in [4.78, 5) is 5.83. The Morgan fingerprint density at radius 2 is 0.810 bits per heavy atom.